The van der Waals surface area contributed by atoms with Crippen molar-refractivity contribution in [2.24, 2.45) is 0 Å². The first-order chi connectivity index (χ1) is 6.75. The molecule has 0 aliphatic carbocycles. The average molecular weight is 209 g/mol. The zero-order valence-corrected chi connectivity index (χ0v) is 8.38. The number of aromatic hydroxyl groups is 1. The van der Waals surface area contributed by atoms with Crippen LogP contribution in [0.2, 0.25) is 0 Å². The van der Waals surface area contributed by atoms with Gasteiger partial charge in [-0.3, -0.25) is 4.79 Å². The van der Waals surface area contributed by atoms with E-state index in [0.717, 1.165) is 11.3 Å². The van der Waals surface area contributed by atoms with Crippen molar-refractivity contribution in [1.82, 2.24) is 5.32 Å². The average Bonchev–Trinajstić information content (AvgIpc) is 2.18. The number of carbonyl (C=O) groups is 1. The summed E-state index contributed by atoms with van der Waals surface area (Å²) in [6.45, 7) is 0. The summed E-state index contributed by atoms with van der Waals surface area (Å²) in [5.41, 5.74) is 0.963. The van der Waals surface area contributed by atoms with Crippen LogP contribution in [0.1, 0.15) is 11.6 Å². The van der Waals surface area contributed by atoms with E-state index in [0.29, 0.717) is 5.75 Å². The lowest BCUT2D eigenvalue weighted by Crippen LogP contribution is -2.35. The van der Waals surface area contributed by atoms with E-state index in [1.807, 2.05) is 6.07 Å². The van der Waals surface area contributed by atoms with Crippen LogP contribution in [0, 0.1) is 0 Å². The largest absolute Gasteiger partial charge is 0.508 e. The Morgan fingerprint density at radius 2 is 2.36 bits per heavy atom. The molecule has 0 aromatic heterocycles. The summed E-state index contributed by atoms with van der Waals surface area (Å²) in [4.78, 5) is 11.1. The van der Waals surface area contributed by atoms with Crippen molar-refractivity contribution in [3.8, 4) is 5.75 Å². The third-order valence-electron chi connectivity index (χ3n) is 2.13. The molecule has 0 saturated carbocycles. The van der Waals surface area contributed by atoms with Gasteiger partial charge in [-0.2, -0.15) is 0 Å². The Kier molecular flexibility index (Phi) is 2.63. The van der Waals surface area contributed by atoms with Gasteiger partial charge in [-0.1, -0.05) is 12.1 Å². The Morgan fingerprint density at radius 3 is 3.07 bits per heavy atom. The molecular formula is C10H11NO2S. The minimum Gasteiger partial charge on any atom is -0.508 e. The maximum absolute atomic E-state index is 11.1. The predicted octanol–water partition coefficient (Wildman–Crippen LogP) is 1.30. The zero-order valence-electron chi connectivity index (χ0n) is 7.56. The highest BCUT2D eigenvalue weighted by Crippen LogP contribution is 2.24. The summed E-state index contributed by atoms with van der Waals surface area (Å²) >= 11 is 1.62. The maximum atomic E-state index is 11.1. The molecule has 1 atom stereocenters. The molecule has 2 rings (SSSR count). The molecule has 4 heteroatoms. The lowest BCUT2D eigenvalue weighted by atomic mass is 10.1. The Bertz CT molecular complexity index is 354. The van der Waals surface area contributed by atoms with Crippen LogP contribution >= 0.6 is 11.8 Å². The Balaban J connectivity index is 2.17. The van der Waals surface area contributed by atoms with Gasteiger partial charge >= 0.3 is 0 Å². The van der Waals surface area contributed by atoms with Crippen molar-refractivity contribution >= 4 is 17.7 Å². The molecule has 1 aromatic rings. The molecule has 14 heavy (non-hydrogen) atoms. The van der Waals surface area contributed by atoms with E-state index in [4.69, 9.17) is 0 Å². The van der Waals surface area contributed by atoms with E-state index in [1.165, 1.54) is 0 Å². The van der Waals surface area contributed by atoms with Gasteiger partial charge in [-0.15, -0.1) is 11.8 Å². The lowest BCUT2D eigenvalue weighted by molar-refractivity contribution is -0.119. The molecule has 1 heterocycles. The Morgan fingerprint density at radius 1 is 1.50 bits per heavy atom. The van der Waals surface area contributed by atoms with Crippen molar-refractivity contribution in [3.63, 3.8) is 0 Å². The smallest absolute Gasteiger partial charge is 0.230 e. The molecule has 3 nitrogen and oxygen atoms in total. The van der Waals surface area contributed by atoms with Crippen LogP contribution in [0.15, 0.2) is 24.3 Å². The molecule has 0 bridgehead atoms. The molecule has 2 N–H and O–H groups in total. The SMILES string of the molecule is O=C1CSCC(c2cccc(O)c2)N1. The van der Waals surface area contributed by atoms with Crippen LogP contribution in [0.3, 0.4) is 0 Å². The number of hydrogen-bond donors (Lipinski definition) is 2. The first kappa shape index (κ1) is 9.40. The van der Waals surface area contributed by atoms with Crippen LogP contribution in [0.4, 0.5) is 0 Å². The van der Waals surface area contributed by atoms with Crippen LogP contribution in [0.5, 0.6) is 5.75 Å². The lowest BCUT2D eigenvalue weighted by Gasteiger charge is -2.23. The number of hydrogen-bond acceptors (Lipinski definition) is 3. The third kappa shape index (κ3) is 2.01. The Labute approximate surface area is 86.5 Å². The number of rotatable bonds is 1. The van der Waals surface area contributed by atoms with Crippen molar-refractivity contribution in [2.45, 2.75) is 6.04 Å². The van der Waals surface area contributed by atoms with Gasteiger partial charge in [-0.05, 0) is 17.7 Å². The van der Waals surface area contributed by atoms with Crippen molar-refractivity contribution in [2.75, 3.05) is 11.5 Å². The summed E-state index contributed by atoms with van der Waals surface area (Å²) < 4.78 is 0. The van der Waals surface area contributed by atoms with Gasteiger partial charge in [0, 0.05) is 5.75 Å². The molecule has 1 aliphatic rings. The first-order valence-corrected chi connectivity index (χ1v) is 5.57. The Hall–Kier alpha value is -1.16. The van der Waals surface area contributed by atoms with E-state index in [1.54, 1.807) is 30.0 Å². The monoisotopic (exact) mass is 209 g/mol. The number of phenolic OH excluding ortho intramolecular Hbond substituents is 1. The fourth-order valence-corrected chi connectivity index (χ4v) is 2.37. The van der Waals surface area contributed by atoms with Crippen LogP contribution in [0.25, 0.3) is 0 Å². The van der Waals surface area contributed by atoms with E-state index in [-0.39, 0.29) is 17.7 Å². The van der Waals surface area contributed by atoms with Crippen molar-refractivity contribution in [3.05, 3.63) is 29.8 Å². The van der Waals surface area contributed by atoms with Crippen molar-refractivity contribution in [1.29, 1.82) is 0 Å². The number of thioether (sulfide) groups is 1. The predicted molar refractivity (Wildman–Crippen MR) is 56.3 cm³/mol. The normalized spacial score (nSPS) is 21.7. The summed E-state index contributed by atoms with van der Waals surface area (Å²) in [6.07, 6.45) is 0. The molecule has 0 spiro atoms. The summed E-state index contributed by atoms with van der Waals surface area (Å²) in [6, 6.07) is 7.05. The van der Waals surface area contributed by atoms with Crippen molar-refractivity contribution < 1.29 is 9.90 Å². The van der Waals surface area contributed by atoms with Gasteiger partial charge in [-0.25, -0.2) is 0 Å². The van der Waals surface area contributed by atoms with E-state index in [2.05, 4.69) is 5.32 Å². The zero-order chi connectivity index (χ0) is 9.97. The summed E-state index contributed by atoms with van der Waals surface area (Å²) in [7, 11) is 0. The van der Waals surface area contributed by atoms with E-state index in [9.17, 15) is 9.90 Å². The highest BCUT2D eigenvalue weighted by molar-refractivity contribution is 8.00. The van der Waals surface area contributed by atoms with Gasteiger partial charge in [0.2, 0.25) is 5.91 Å². The topological polar surface area (TPSA) is 49.3 Å². The number of nitrogens with one attached hydrogen (secondary N) is 1. The minimum atomic E-state index is 0.0355. The van der Waals surface area contributed by atoms with Crippen LogP contribution in [-0.2, 0) is 4.79 Å². The second-order valence-electron chi connectivity index (χ2n) is 3.23. The molecule has 0 radical (unpaired) electrons. The van der Waals surface area contributed by atoms with E-state index < -0.39 is 0 Å². The number of amides is 1. The van der Waals surface area contributed by atoms with Crippen LogP contribution in [-0.4, -0.2) is 22.5 Å². The fourth-order valence-electron chi connectivity index (χ4n) is 1.47. The fraction of sp³-hybridized carbons (Fsp3) is 0.300. The van der Waals surface area contributed by atoms with Gasteiger partial charge in [0.1, 0.15) is 5.75 Å². The number of phenols is 1. The second-order valence-corrected chi connectivity index (χ2v) is 4.26. The molecule has 74 valence electrons. The highest BCUT2D eigenvalue weighted by Gasteiger charge is 2.19. The molecule has 1 fully saturated rings. The maximum Gasteiger partial charge on any atom is 0.230 e. The number of benzene rings is 1. The van der Waals surface area contributed by atoms with Gasteiger partial charge < -0.3 is 10.4 Å². The van der Waals surface area contributed by atoms with Gasteiger partial charge in [0.05, 0.1) is 11.8 Å². The minimum absolute atomic E-state index is 0.0355. The second kappa shape index (κ2) is 3.92. The van der Waals surface area contributed by atoms with E-state index >= 15 is 0 Å². The summed E-state index contributed by atoms with van der Waals surface area (Å²) in [5.74, 6) is 1.71. The van der Waals surface area contributed by atoms with Crippen LogP contribution < -0.4 is 5.32 Å². The molecule has 1 aliphatic heterocycles. The van der Waals surface area contributed by atoms with Gasteiger partial charge in [0.15, 0.2) is 0 Å². The molecular weight excluding hydrogens is 198 g/mol. The molecule has 1 unspecified atom stereocenters. The first-order valence-electron chi connectivity index (χ1n) is 4.42. The molecule has 1 saturated heterocycles. The van der Waals surface area contributed by atoms with Gasteiger partial charge in [0.25, 0.3) is 0 Å². The molecule has 1 amide bonds. The quantitative estimate of drug-likeness (QED) is 0.733. The molecule has 1 aromatic carbocycles. The number of carbonyl (C=O) groups excluding carboxylic acids is 1. The highest BCUT2D eigenvalue weighted by atomic mass is 32.2. The standard InChI is InChI=1S/C10H11NO2S/c12-8-3-1-2-7(4-8)9-5-14-6-10(13)11-9/h1-4,9,12H,5-6H2,(H,11,13). The summed E-state index contributed by atoms with van der Waals surface area (Å²) in [5, 5.41) is 12.2. The third-order valence-corrected chi connectivity index (χ3v) is 3.16.